The maximum atomic E-state index is 13.7. The molecular formula is C11H11F2N3O2. The first-order chi connectivity index (χ1) is 8.54. The van der Waals surface area contributed by atoms with Crippen molar-refractivity contribution in [1.29, 1.82) is 0 Å². The Hall–Kier alpha value is -2.05. The lowest BCUT2D eigenvalue weighted by molar-refractivity contribution is 0.144. The Balaban J connectivity index is 1.88. The lowest BCUT2D eigenvalue weighted by atomic mass is 10.2. The molecule has 7 heteroatoms. The first kappa shape index (κ1) is 11.1. The van der Waals surface area contributed by atoms with Gasteiger partial charge in [-0.2, -0.15) is 0 Å². The molecule has 18 heavy (non-hydrogen) atoms. The summed E-state index contributed by atoms with van der Waals surface area (Å²) in [5.74, 6) is -1.42. The molecule has 0 unspecified atom stereocenters. The maximum Gasteiger partial charge on any atom is 0.407 e. The molecule has 0 spiro atoms. The smallest absolute Gasteiger partial charge is 0.407 e. The van der Waals surface area contributed by atoms with Gasteiger partial charge < -0.3 is 20.7 Å². The Morgan fingerprint density at radius 3 is 2.61 bits per heavy atom. The Kier molecular flexibility index (Phi) is 2.29. The third-order valence-electron chi connectivity index (χ3n) is 3.18. The number of ether oxygens (including phenoxy) is 1. The second-order valence-corrected chi connectivity index (χ2v) is 4.43. The van der Waals surface area contributed by atoms with Crippen molar-refractivity contribution >= 4 is 17.5 Å². The molecule has 2 atom stereocenters. The molecule has 2 aliphatic heterocycles. The highest BCUT2D eigenvalue weighted by atomic mass is 19.1. The fourth-order valence-corrected chi connectivity index (χ4v) is 2.42. The summed E-state index contributed by atoms with van der Waals surface area (Å²) in [4.78, 5) is 12.5. The van der Waals surface area contributed by atoms with E-state index in [9.17, 15) is 13.6 Å². The number of amides is 1. The summed E-state index contributed by atoms with van der Waals surface area (Å²) >= 11 is 0. The molecule has 5 nitrogen and oxygen atoms in total. The van der Waals surface area contributed by atoms with Crippen LogP contribution < -0.4 is 16.0 Å². The number of carbonyl (C=O) groups is 1. The Morgan fingerprint density at radius 1 is 1.33 bits per heavy atom. The average molecular weight is 255 g/mol. The van der Waals surface area contributed by atoms with Gasteiger partial charge in [-0.1, -0.05) is 0 Å². The van der Waals surface area contributed by atoms with Crippen LogP contribution in [-0.2, 0) is 4.74 Å². The number of nitrogen functional groups attached to an aromatic ring is 1. The number of hydrogen-bond donors (Lipinski definition) is 2. The number of halogens is 2. The van der Waals surface area contributed by atoms with Gasteiger partial charge in [0.2, 0.25) is 0 Å². The van der Waals surface area contributed by atoms with Crippen LogP contribution >= 0.6 is 0 Å². The largest absolute Gasteiger partial charge is 0.442 e. The van der Waals surface area contributed by atoms with Crippen LogP contribution in [0.15, 0.2) is 12.1 Å². The number of carbonyl (C=O) groups excluding carboxylic acids is 1. The van der Waals surface area contributed by atoms with E-state index in [2.05, 4.69) is 5.32 Å². The number of anilines is 2. The van der Waals surface area contributed by atoms with Gasteiger partial charge in [0.15, 0.2) is 11.6 Å². The highest BCUT2D eigenvalue weighted by Crippen LogP contribution is 2.30. The third kappa shape index (κ3) is 1.62. The van der Waals surface area contributed by atoms with Crippen LogP contribution in [0.1, 0.15) is 0 Å². The van der Waals surface area contributed by atoms with Gasteiger partial charge in [-0.05, 0) is 12.1 Å². The predicted molar refractivity (Wildman–Crippen MR) is 60.2 cm³/mol. The number of benzene rings is 1. The minimum Gasteiger partial charge on any atom is -0.442 e. The minimum absolute atomic E-state index is 0.0395. The first-order valence-electron chi connectivity index (χ1n) is 5.51. The van der Waals surface area contributed by atoms with Crippen LogP contribution in [0, 0.1) is 11.6 Å². The summed E-state index contributed by atoms with van der Waals surface area (Å²) in [7, 11) is 0. The van der Waals surface area contributed by atoms with E-state index in [0.29, 0.717) is 6.54 Å². The number of alkyl carbamates (subject to hydrolysis) is 1. The van der Waals surface area contributed by atoms with E-state index in [4.69, 9.17) is 10.5 Å². The maximum absolute atomic E-state index is 13.7. The fraction of sp³-hybridized carbons (Fsp3) is 0.364. The lowest BCUT2D eigenvalue weighted by Crippen LogP contribution is -2.33. The number of fused-ring (bicyclic) bond motifs is 1. The van der Waals surface area contributed by atoms with Crippen molar-refractivity contribution in [2.45, 2.75) is 12.1 Å². The normalized spacial score (nSPS) is 25.9. The molecule has 2 heterocycles. The molecule has 2 saturated heterocycles. The second-order valence-electron chi connectivity index (χ2n) is 4.43. The molecule has 0 aliphatic carbocycles. The van der Waals surface area contributed by atoms with E-state index in [0.717, 1.165) is 12.1 Å². The number of nitrogens with one attached hydrogen (secondary N) is 1. The van der Waals surface area contributed by atoms with E-state index in [1.807, 2.05) is 0 Å². The van der Waals surface area contributed by atoms with E-state index in [-0.39, 0.29) is 30.1 Å². The molecule has 0 radical (unpaired) electrons. The first-order valence-corrected chi connectivity index (χ1v) is 5.51. The summed E-state index contributed by atoms with van der Waals surface area (Å²) in [5, 5.41) is 2.59. The van der Waals surface area contributed by atoms with Crippen molar-refractivity contribution in [3.8, 4) is 0 Å². The molecule has 0 bridgehead atoms. The van der Waals surface area contributed by atoms with Crippen LogP contribution in [0.25, 0.3) is 0 Å². The van der Waals surface area contributed by atoms with Gasteiger partial charge in [-0.3, -0.25) is 0 Å². The van der Waals surface area contributed by atoms with Crippen LogP contribution in [0.3, 0.4) is 0 Å². The SMILES string of the molecule is Nc1cc(F)c(N2C[C@@H]3OC(=O)N[C@@H]3C2)c(F)c1. The average Bonchev–Trinajstić information content (AvgIpc) is 2.72. The molecule has 1 aromatic rings. The van der Waals surface area contributed by atoms with Crippen molar-refractivity contribution in [1.82, 2.24) is 5.32 Å². The molecular weight excluding hydrogens is 244 g/mol. The molecule has 0 saturated carbocycles. The van der Waals surface area contributed by atoms with Crippen LogP contribution in [-0.4, -0.2) is 31.3 Å². The lowest BCUT2D eigenvalue weighted by Gasteiger charge is -2.20. The van der Waals surface area contributed by atoms with Gasteiger partial charge in [-0.25, -0.2) is 13.6 Å². The zero-order valence-electron chi connectivity index (χ0n) is 9.32. The Morgan fingerprint density at radius 2 is 2.00 bits per heavy atom. The van der Waals surface area contributed by atoms with Gasteiger partial charge >= 0.3 is 6.09 Å². The van der Waals surface area contributed by atoms with Gasteiger partial charge in [-0.15, -0.1) is 0 Å². The zero-order valence-corrected chi connectivity index (χ0v) is 9.32. The summed E-state index contributed by atoms with van der Waals surface area (Å²) in [6, 6.07) is 1.92. The molecule has 2 aliphatic rings. The van der Waals surface area contributed by atoms with Crippen molar-refractivity contribution in [2.24, 2.45) is 0 Å². The second kappa shape index (κ2) is 3.72. The summed E-state index contributed by atoms with van der Waals surface area (Å²) in [6.07, 6.45) is -0.850. The van der Waals surface area contributed by atoms with E-state index in [1.165, 1.54) is 4.90 Å². The van der Waals surface area contributed by atoms with Crippen LogP contribution in [0.4, 0.5) is 25.0 Å². The summed E-state index contributed by atoms with van der Waals surface area (Å²) < 4.78 is 32.4. The fourth-order valence-electron chi connectivity index (χ4n) is 2.42. The monoisotopic (exact) mass is 255 g/mol. The number of nitrogens with two attached hydrogens (primary N) is 1. The highest BCUT2D eigenvalue weighted by Gasteiger charge is 2.43. The number of nitrogens with zero attached hydrogens (tertiary/aromatic N) is 1. The van der Waals surface area contributed by atoms with E-state index < -0.39 is 17.7 Å². The molecule has 0 aromatic heterocycles. The highest BCUT2D eigenvalue weighted by molar-refractivity contribution is 5.71. The summed E-state index contributed by atoms with van der Waals surface area (Å²) in [5.41, 5.74) is 5.27. The van der Waals surface area contributed by atoms with Crippen LogP contribution in [0.2, 0.25) is 0 Å². The Bertz CT molecular complexity index is 484. The molecule has 3 N–H and O–H groups in total. The molecule has 1 amide bonds. The van der Waals surface area contributed by atoms with Crippen molar-refractivity contribution < 1.29 is 18.3 Å². The quantitative estimate of drug-likeness (QED) is 0.730. The van der Waals surface area contributed by atoms with Gasteiger partial charge in [0.05, 0.1) is 12.6 Å². The third-order valence-corrected chi connectivity index (χ3v) is 3.18. The zero-order chi connectivity index (χ0) is 12.9. The molecule has 96 valence electrons. The molecule has 3 rings (SSSR count). The van der Waals surface area contributed by atoms with E-state index >= 15 is 0 Å². The van der Waals surface area contributed by atoms with Gasteiger partial charge in [0.25, 0.3) is 0 Å². The van der Waals surface area contributed by atoms with Crippen molar-refractivity contribution in [3.05, 3.63) is 23.8 Å². The number of rotatable bonds is 1. The van der Waals surface area contributed by atoms with Crippen molar-refractivity contribution in [3.63, 3.8) is 0 Å². The summed E-state index contributed by atoms with van der Waals surface area (Å²) in [6.45, 7) is 0.579. The molecule has 2 fully saturated rings. The van der Waals surface area contributed by atoms with Crippen LogP contribution in [0.5, 0.6) is 0 Å². The molecule has 1 aromatic carbocycles. The minimum atomic E-state index is -0.709. The van der Waals surface area contributed by atoms with E-state index in [1.54, 1.807) is 0 Å². The predicted octanol–water partition coefficient (Wildman–Crippen LogP) is 0.844. The topological polar surface area (TPSA) is 67.6 Å². The number of hydrogen-bond acceptors (Lipinski definition) is 4. The Labute approximate surface area is 102 Å². The van der Waals surface area contributed by atoms with Gasteiger partial charge in [0, 0.05) is 12.2 Å². The standard InChI is InChI=1S/C11H11F2N3O2/c12-6-1-5(14)2-7(13)10(6)16-3-8-9(4-16)18-11(17)15-8/h1-2,8-9H,3-4,14H2,(H,15,17)/t8-,9+/m1/s1. The van der Waals surface area contributed by atoms with Crippen molar-refractivity contribution in [2.75, 3.05) is 23.7 Å². The van der Waals surface area contributed by atoms with Gasteiger partial charge in [0.1, 0.15) is 11.8 Å².